The van der Waals surface area contributed by atoms with Crippen LogP contribution in [0.5, 0.6) is 0 Å². The molecule has 0 saturated heterocycles. The van der Waals surface area contributed by atoms with Gasteiger partial charge in [0.25, 0.3) is 0 Å². The third-order valence-corrected chi connectivity index (χ3v) is 7.07. The van der Waals surface area contributed by atoms with Crippen LogP contribution in [0.2, 0.25) is 5.02 Å². The lowest BCUT2D eigenvalue weighted by Crippen LogP contribution is -2.23. The zero-order chi connectivity index (χ0) is 20.5. The summed E-state index contributed by atoms with van der Waals surface area (Å²) >= 11 is 6.07. The van der Waals surface area contributed by atoms with Gasteiger partial charge in [0.15, 0.2) is 16.7 Å². The minimum Gasteiger partial charge on any atom is -0.461 e. The van der Waals surface area contributed by atoms with Crippen molar-refractivity contribution in [2.75, 3.05) is 13.7 Å². The van der Waals surface area contributed by atoms with E-state index in [-0.39, 0.29) is 33.1 Å². The summed E-state index contributed by atoms with van der Waals surface area (Å²) in [7, 11) is -4.77. The molecule has 0 aliphatic rings. The van der Waals surface area contributed by atoms with Crippen molar-refractivity contribution in [2.24, 2.45) is 0 Å². The van der Waals surface area contributed by atoms with Crippen molar-refractivity contribution in [1.82, 2.24) is 8.69 Å². The molecule has 1 aromatic heterocycles. The van der Waals surface area contributed by atoms with Gasteiger partial charge in [-0.15, -0.1) is 0 Å². The number of aromatic nitrogens is 1. The molecule has 28 heavy (non-hydrogen) atoms. The summed E-state index contributed by atoms with van der Waals surface area (Å²) in [6.07, 6.45) is 0. The van der Waals surface area contributed by atoms with Crippen molar-refractivity contribution in [2.45, 2.75) is 16.7 Å². The van der Waals surface area contributed by atoms with Crippen molar-refractivity contribution < 1.29 is 22.2 Å². The van der Waals surface area contributed by atoms with Gasteiger partial charge in [-0.05, 0) is 44.3 Å². The van der Waals surface area contributed by atoms with Crippen LogP contribution in [0.3, 0.4) is 0 Å². The first-order valence-electron chi connectivity index (χ1n) is 8.23. The van der Waals surface area contributed by atoms with Gasteiger partial charge in [0.1, 0.15) is 4.90 Å². The fourth-order valence-electron chi connectivity index (χ4n) is 2.77. The van der Waals surface area contributed by atoms with Crippen molar-refractivity contribution in [1.29, 1.82) is 0 Å². The highest BCUT2D eigenvalue weighted by molar-refractivity contribution is 7.90. The van der Waals surface area contributed by atoms with E-state index >= 15 is 0 Å². The van der Waals surface area contributed by atoms with Gasteiger partial charge in [0.05, 0.1) is 17.0 Å². The molecule has 1 unspecified atom stereocenters. The van der Waals surface area contributed by atoms with Crippen LogP contribution in [0.4, 0.5) is 0 Å². The molecule has 0 aliphatic heterocycles. The maximum Gasteiger partial charge on any atom is 0.357 e. The van der Waals surface area contributed by atoms with Crippen LogP contribution < -0.4 is 4.72 Å². The van der Waals surface area contributed by atoms with Gasteiger partial charge in [0.2, 0.25) is 10.0 Å². The molecule has 7 nitrogen and oxygen atoms in total. The third-order valence-electron chi connectivity index (χ3n) is 3.96. The zero-order valence-electron chi connectivity index (χ0n) is 15.0. The number of carbonyl (C=O) groups excluding carboxylic acids is 1. The SMILES string of the molecule is CCOC(=O)c1c(S(=O)(=O)NC)c2cc(Cl)ccc2n1S(=O)c1ccccc1. The van der Waals surface area contributed by atoms with Crippen molar-refractivity contribution in [3.63, 3.8) is 0 Å². The molecule has 0 aliphatic carbocycles. The van der Waals surface area contributed by atoms with Crippen LogP contribution in [0, 0.1) is 0 Å². The Labute approximate surface area is 169 Å². The van der Waals surface area contributed by atoms with Gasteiger partial charge in [-0.3, -0.25) is 0 Å². The van der Waals surface area contributed by atoms with Gasteiger partial charge in [-0.25, -0.2) is 26.1 Å². The predicted octanol–water partition coefficient (Wildman–Crippen LogP) is 2.95. The van der Waals surface area contributed by atoms with Crippen LogP contribution in [-0.2, 0) is 25.7 Å². The number of carbonyl (C=O) groups is 1. The molecule has 10 heteroatoms. The van der Waals surface area contributed by atoms with Crippen LogP contribution in [0.1, 0.15) is 17.4 Å². The molecular formula is C18H17ClN2O5S2. The molecule has 0 fully saturated rings. The number of nitrogens with zero attached hydrogens (tertiary/aromatic N) is 1. The van der Waals surface area contributed by atoms with Crippen LogP contribution in [0.25, 0.3) is 10.9 Å². The summed E-state index contributed by atoms with van der Waals surface area (Å²) < 4.78 is 47.3. The van der Waals surface area contributed by atoms with E-state index in [9.17, 15) is 17.4 Å². The highest BCUT2D eigenvalue weighted by Gasteiger charge is 2.33. The maximum absolute atomic E-state index is 13.3. The first-order chi connectivity index (χ1) is 13.3. The molecule has 2 aromatic carbocycles. The highest BCUT2D eigenvalue weighted by atomic mass is 35.5. The minimum absolute atomic E-state index is 0.0259. The summed E-state index contributed by atoms with van der Waals surface area (Å²) in [6, 6.07) is 12.9. The monoisotopic (exact) mass is 440 g/mol. The molecule has 0 radical (unpaired) electrons. The molecule has 0 saturated carbocycles. The van der Waals surface area contributed by atoms with Gasteiger partial charge >= 0.3 is 5.97 Å². The van der Waals surface area contributed by atoms with E-state index < -0.39 is 27.0 Å². The Hall–Kier alpha value is -2.20. The molecule has 148 valence electrons. The summed E-state index contributed by atoms with van der Waals surface area (Å²) in [5, 5.41) is 0.451. The number of fused-ring (bicyclic) bond motifs is 1. The lowest BCUT2D eigenvalue weighted by molar-refractivity contribution is 0.0514. The lowest BCUT2D eigenvalue weighted by atomic mass is 10.2. The molecular weight excluding hydrogens is 424 g/mol. The molecule has 0 bridgehead atoms. The standard InChI is InChI=1S/C18H17ClN2O5S2/c1-3-26-18(22)16-17(28(24,25)20-2)14-11-12(19)9-10-15(14)21(16)27(23)13-7-5-4-6-8-13/h4-11,20H,3H2,1-2H3. The van der Waals surface area contributed by atoms with Gasteiger partial charge < -0.3 is 4.74 Å². The highest BCUT2D eigenvalue weighted by Crippen LogP contribution is 2.34. The van der Waals surface area contributed by atoms with E-state index in [2.05, 4.69) is 4.72 Å². The fourth-order valence-corrected chi connectivity index (χ4v) is 5.36. The Morgan fingerprint density at radius 2 is 1.89 bits per heavy atom. The second kappa shape index (κ2) is 8.04. The Morgan fingerprint density at radius 1 is 1.21 bits per heavy atom. The van der Waals surface area contributed by atoms with E-state index in [0.29, 0.717) is 4.90 Å². The number of hydrogen-bond acceptors (Lipinski definition) is 5. The number of esters is 1. The molecule has 3 rings (SSSR count). The molecule has 1 heterocycles. The number of nitrogens with one attached hydrogen (secondary N) is 1. The van der Waals surface area contributed by atoms with Crippen molar-refractivity contribution >= 4 is 49.5 Å². The fraction of sp³-hybridized carbons (Fsp3) is 0.167. The number of ether oxygens (including phenoxy) is 1. The number of sulfonamides is 1. The van der Waals surface area contributed by atoms with Crippen molar-refractivity contribution in [3.05, 3.63) is 59.2 Å². The smallest absolute Gasteiger partial charge is 0.357 e. The number of hydrogen-bond donors (Lipinski definition) is 1. The predicted molar refractivity (Wildman–Crippen MR) is 107 cm³/mol. The van der Waals surface area contributed by atoms with E-state index in [1.165, 1.54) is 29.2 Å². The average Bonchev–Trinajstić information content (AvgIpc) is 3.03. The number of rotatable bonds is 6. The normalized spacial score (nSPS) is 12.8. The number of benzene rings is 2. The van der Waals surface area contributed by atoms with E-state index in [1.54, 1.807) is 37.3 Å². The van der Waals surface area contributed by atoms with Crippen molar-refractivity contribution in [3.8, 4) is 0 Å². The summed E-state index contributed by atoms with van der Waals surface area (Å²) in [6.45, 7) is 1.63. The van der Waals surface area contributed by atoms with Crippen LogP contribution >= 0.6 is 11.6 Å². The molecule has 0 amide bonds. The first-order valence-corrected chi connectivity index (χ1v) is 11.2. The Bertz CT molecular complexity index is 1170. The van der Waals surface area contributed by atoms with Gasteiger partial charge in [-0.1, -0.05) is 29.8 Å². The topological polar surface area (TPSA) is 94.5 Å². The molecule has 1 N–H and O–H groups in total. The molecule has 3 aromatic rings. The summed E-state index contributed by atoms with van der Waals surface area (Å²) in [4.78, 5) is 12.8. The van der Waals surface area contributed by atoms with E-state index in [1.807, 2.05) is 0 Å². The Kier molecular flexibility index (Phi) is 5.90. The second-order valence-corrected chi connectivity index (χ2v) is 9.22. The lowest BCUT2D eigenvalue weighted by Gasteiger charge is -2.11. The molecule has 0 spiro atoms. The summed E-state index contributed by atoms with van der Waals surface area (Å²) in [5.41, 5.74) is -0.0425. The Balaban J connectivity index is 2.47. The van der Waals surface area contributed by atoms with E-state index in [0.717, 1.165) is 0 Å². The summed E-state index contributed by atoms with van der Waals surface area (Å²) in [5.74, 6) is -0.895. The van der Waals surface area contributed by atoms with Crippen LogP contribution in [0.15, 0.2) is 58.3 Å². The van der Waals surface area contributed by atoms with E-state index in [4.69, 9.17) is 16.3 Å². The zero-order valence-corrected chi connectivity index (χ0v) is 17.4. The van der Waals surface area contributed by atoms with Gasteiger partial charge in [0, 0.05) is 10.4 Å². The largest absolute Gasteiger partial charge is 0.461 e. The average molecular weight is 441 g/mol. The van der Waals surface area contributed by atoms with Gasteiger partial charge in [-0.2, -0.15) is 0 Å². The Morgan fingerprint density at radius 3 is 2.50 bits per heavy atom. The molecule has 1 atom stereocenters. The minimum atomic E-state index is -4.10. The van der Waals surface area contributed by atoms with Crippen LogP contribution in [-0.4, -0.2) is 36.2 Å². The first kappa shape index (κ1) is 20.5. The quantitative estimate of drug-likeness (QED) is 0.594. The number of halogens is 1. The third kappa shape index (κ3) is 3.58. The second-order valence-electron chi connectivity index (χ2n) is 5.62. The maximum atomic E-state index is 13.3.